The number of hydrogen-bond donors (Lipinski definition) is 4. The van der Waals surface area contributed by atoms with Crippen molar-refractivity contribution in [3.05, 3.63) is 47.5 Å². The molecule has 14 nitrogen and oxygen atoms in total. The fourth-order valence-electron chi connectivity index (χ4n) is 7.51. The molecule has 0 radical (unpaired) electrons. The van der Waals surface area contributed by atoms with Crippen molar-refractivity contribution < 1.29 is 45.9 Å². The molecule has 5 atom stereocenters. The summed E-state index contributed by atoms with van der Waals surface area (Å²) >= 11 is 0. The zero-order valence-electron chi connectivity index (χ0n) is 29.3. The van der Waals surface area contributed by atoms with E-state index in [1.54, 1.807) is 13.8 Å². The Morgan fingerprint density at radius 1 is 1.13 bits per heavy atom. The molecule has 4 bridgehead atoms. The second-order valence-corrected chi connectivity index (χ2v) is 17.2. The molecule has 17 heteroatoms. The third kappa shape index (κ3) is 8.03. The van der Waals surface area contributed by atoms with Crippen LogP contribution < -0.4 is 20.7 Å². The first-order chi connectivity index (χ1) is 24.5. The molecule has 2 aliphatic carbocycles. The van der Waals surface area contributed by atoms with Crippen molar-refractivity contribution in [1.29, 1.82) is 0 Å². The van der Waals surface area contributed by atoms with Crippen molar-refractivity contribution >= 4 is 39.9 Å². The van der Waals surface area contributed by atoms with Gasteiger partial charge in [-0.05, 0) is 69.1 Å². The molecule has 6 rings (SSSR count). The molecule has 0 aromatic heterocycles. The lowest BCUT2D eigenvalue weighted by Crippen LogP contribution is -2.59. The molecule has 2 saturated carbocycles. The monoisotopic (exact) mass is 748 g/mol. The minimum atomic E-state index is -3.97. The summed E-state index contributed by atoms with van der Waals surface area (Å²) in [4.78, 5) is 70.6. The number of carbonyl (C=O) groups is 5. The van der Waals surface area contributed by atoms with E-state index < -0.39 is 93.1 Å². The number of halogens is 2. The van der Waals surface area contributed by atoms with Crippen LogP contribution in [0.1, 0.15) is 81.9 Å². The molecule has 1 aromatic carbocycles. The van der Waals surface area contributed by atoms with Gasteiger partial charge in [0, 0.05) is 37.4 Å². The average molecular weight is 749 g/mol. The molecular formula is C35H46F2N6O8S. The van der Waals surface area contributed by atoms with Crippen LogP contribution in [0.5, 0.6) is 0 Å². The van der Waals surface area contributed by atoms with E-state index in [1.165, 1.54) is 11.0 Å². The van der Waals surface area contributed by atoms with E-state index >= 15 is 0 Å². The van der Waals surface area contributed by atoms with Gasteiger partial charge in [0.15, 0.2) is 0 Å². The lowest BCUT2D eigenvalue weighted by Gasteiger charge is -2.31. The molecule has 284 valence electrons. The van der Waals surface area contributed by atoms with Gasteiger partial charge < -0.3 is 25.6 Å². The number of ether oxygens (including phenoxy) is 1. The summed E-state index contributed by atoms with van der Waals surface area (Å²) in [5, 5.41) is 7.06. The van der Waals surface area contributed by atoms with Gasteiger partial charge in [-0.15, -0.1) is 6.58 Å². The Balaban J connectivity index is 1.28. The number of amides is 6. The summed E-state index contributed by atoms with van der Waals surface area (Å²) in [7, 11) is -3.97. The number of nitrogens with one attached hydrogen (secondary N) is 4. The molecule has 0 unspecified atom stereocenters. The van der Waals surface area contributed by atoms with Crippen molar-refractivity contribution in [2.24, 2.45) is 5.92 Å². The highest BCUT2D eigenvalue weighted by Gasteiger charge is 2.62. The summed E-state index contributed by atoms with van der Waals surface area (Å²) in [5.41, 5.74) is 0.666. The smallest absolute Gasteiger partial charge is 0.410 e. The molecule has 0 spiro atoms. The van der Waals surface area contributed by atoms with Gasteiger partial charge in [0.1, 0.15) is 23.7 Å². The van der Waals surface area contributed by atoms with Crippen molar-refractivity contribution in [1.82, 2.24) is 30.5 Å². The first-order valence-electron chi connectivity index (χ1n) is 17.7. The quantitative estimate of drug-likeness (QED) is 0.293. The number of hydrogen-bond acceptors (Lipinski definition) is 8. The fraction of sp³-hybridized carbons (Fsp3) is 0.629. The molecule has 52 heavy (non-hydrogen) atoms. The number of aryl methyl sites for hydroxylation is 1. The summed E-state index contributed by atoms with van der Waals surface area (Å²) in [6.45, 7) is 7.52. The predicted octanol–water partition coefficient (Wildman–Crippen LogP) is 2.61. The number of urea groups is 1. The molecule has 1 aromatic rings. The van der Waals surface area contributed by atoms with Crippen molar-refractivity contribution in [3.8, 4) is 0 Å². The van der Waals surface area contributed by atoms with Gasteiger partial charge in [-0.2, -0.15) is 0 Å². The number of nitrogens with zero attached hydrogens (tertiary/aromatic N) is 2. The summed E-state index contributed by atoms with van der Waals surface area (Å²) < 4.78 is 60.9. The number of carbonyl (C=O) groups excluding carboxylic acids is 5. The SMILES string of the molecule is C=C[C@H]1C[C@]1(NC(=O)[C@@H]1C[C@@H]2CN1C(=O)[C@H](CC(F)F)NC(=O)NC(C)(C)CCCCc1cccc3c1CN(C3)C(=O)O2)C(=O)NS(=O)(=O)C1CC1. The Labute approximate surface area is 301 Å². The molecule has 3 aliphatic heterocycles. The largest absolute Gasteiger partial charge is 0.444 e. The maximum absolute atomic E-state index is 14.1. The standard InChI is InChI=1S/C35H46F2N6O8S/c1-4-22-16-35(22,31(46)41-52(49,50)24-11-12-24)39-29(44)27-14-23-18-43(27)30(45)26(15-28(36)37)38-32(47)40-34(2,3)13-6-5-8-20-9-7-10-21-17-42(19-25(20)21)33(48)51-23/h4,7,9-10,22-24,26-28H,1,5-6,8,11-19H2,2-3H3,(H,39,44)(H,41,46)(H2,38,40,47)/t22-,23+,26-,27-,35+/m0/s1. The van der Waals surface area contributed by atoms with E-state index in [0.29, 0.717) is 32.4 Å². The highest BCUT2D eigenvalue weighted by Crippen LogP contribution is 2.45. The summed E-state index contributed by atoms with van der Waals surface area (Å²) in [6.07, 6.45) is -0.958. The van der Waals surface area contributed by atoms with Gasteiger partial charge in [0.2, 0.25) is 28.3 Å². The Kier molecular flexibility index (Phi) is 10.3. The lowest BCUT2D eigenvalue weighted by molar-refractivity contribution is -0.141. The van der Waals surface area contributed by atoms with Crippen LogP contribution in [0.4, 0.5) is 18.4 Å². The lowest BCUT2D eigenvalue weighted by atomic mass is 9.94. The van der Waals surface area contributed by atoms with Gasteiger partial charge in [-0.25, -0.2) is 26.8 Å². The van der Waals surface area contributed by atoms with Gasteiger partial charge in [0.05, 0.1) is 11.8 Å². The van der Waals surface area contributed by atoms with Crippen molar-refractivity contribution in [2.75, 3.05) is 6.54 Å². The van der Waals surface area contributed by atoms with Crippen LogP contribution in [0.15, 0.2) is 30.9 Å². The fourth-order valence-corrected chi connectivity index (χ4v) is 8.88. The zero-order chi connectivity index (χ0) is 37.6. The summed E-state index contributed by atoms with van der Waals surface area (Å²) in [5.74, 6) is -3.46. The second-order valence-electron chi connectivity index (χ2n) is 15.2. The number of alkyl halides is 2. The van der Waals surface area contributed by atoms with Crippen LogP contribution in [0.25, 0.3) is 0 Å². The first kappa shape index (κ1) is 37.5. The second kappa shape index (κ2) is 14.3. The van der Waals surface area contributed by atoms with Crippen LogP contribution in [0, 0.1) is 5.92 Å². The zero-order valence-corrected chi connectivity index (χ0v) is 30.1. The Hall–Kier alpha value is -4.28. The first-order valence-corrected chi connectivity index (χ1v) is 19.3. The molecule has 3 fully saturated rings. The van der Waals surface area contributed by atoms with Crippen LogP contribution in [0.3, 0.4) is 0 Å². The van der Waals surface area contributed by atoms with Gasteiger partial charge in [-0.1, -0.05) is 30.7 Å². The Bertz CT molecular complexity index is 1750. The minimum Gasteiger partial charge on any atom is -0.444 e. The van der Waals surface area contributed by atoms with E-state index in [2.05, 4.69) is 27.3 Å². The van der Waals surface area contributed by atoms with Crippen LogP contribution >= 0.6 is 0 Å². The number of benzene rings is 1. The van der Waals surface area contributed by atoms with Gasteiger partial charge in [-0.3, -0.25) is 24.0 Å². The third-order valence-corrected chi connectivity index (χ3v) is 12.5. The Morgan fingerprint density at radius 3 is 2.54 bits per heavy atom. The highest BCUT2D eigenvalue weighted by molar-refractivity contribution is 7.91. The normalized spacial score (nSPS) is 29.2. The van der Waals surface area contributed by atoms with Crippen LogP contribution in [0.2, 0.25) is 0 Å². The van der Waals surface area contributed by atoms with E-state index in [0.717, 1.165) is 40.9 Å². The molecule has 4 N–H and O–H groups in total. The number of sulfonamides is 1. The number of rotatable bonds is 8. The maximum Gasteiger partial charge on any atom is 0.410 e. The van der Waals surface area contributed by atoms with Gasteiger partial charge in [0.25, 0.3) is 5.91 Å². The Morgan fingerprint density at radius 2 is 1.87 bits per heavy atom. The number of fused-ring (bicyclic) bond motifs is 3. The minimum absolute atomic E-state index is 0.0381. The van der Waals surface area contributed by atoms with E-state index in [-0.39, 0.29) is 19.4 Å². The average Bonchev–Trinajstić information content (AvgIpc) is 3.95. The van der Waals surface area contributed by atoms with Crippen LogP contribution in [-0.2, 0) is 48.7 Å². The van der Waals surface area contributed by atoms with E-state index in [4.69, 9.17) is 4.74 Å². The molecule has 5 aliphatic rings. The maximum atomic E-state index is 14.1. The van der Waals surface area contributed by atoms with E-state index in [9.17, 15) is 41.2 Å². The summed E-state index contributed by atoms with van der Waals surface area (Å²) in [6, 6.07) is 1.88. The van der Waals surface area contributed by atoms with Crippen molar-refractivity contribution in [3.63, 3.8) is 0 Å². The highest BCUT2D eigenvalue weighted by atomic mass is 32.2. The topological polar surface area (TPSA) is 183 Å². The van der Waals surface area contributed by atoms with Crippen LogP contribution in [-0.4, -0.2) is 95.5 Å². The third-order valence-electron chi connectivity index (χ3n) is 10.7. The predicted molar refractivity (Wildman–Crippen MR) is 183 cm³/mol. The molecule has 3 heterocycles. The molecule has 1 saturated heterocycles. The van der Waals surface area contributed by atoms with E-state index in [1.807, 2.05) is 18.2 Å². The van der Waals surface area contributed by atoms with Gasteiger partial charge >= 0.3 is 12.1 Å². The molecular weight excluding hydrogens is 702 g/mol. The van der Waals surface area contributed by atoms with Crippen molar-refractivity contribution in [2.45, 2.75) is 126 Å². The molecule has 6 amide bonds.